The molecule has 1 saturated heterocycles. The van der Waals surface area contributed by atoms with Gasteiger partial charge in [-0.1, -0.05) is 0 Å². The Kier molecular flexibility index (Phi) is 3.66. The smallest absolute Gasteiger partial charge is 0.134 e. The molecule has 1 aliphatic heterocycles. The molecule has 0 aromatic carbocycles. The standard InChI is InChI=1S/C16H22N6/c1-2-13(16-17-5-6-18-16)10-22(7-1)15-8-14(20-11-21-15)19-9-12-3-4-12/h5-6,8,11-13H,1-4,7,9-10H2,(H,17,18)(H,19,20,21)/t13-/m1/s1. The van der Waals surface area contributed by atoms with E-state index >= 15 is 0 Å². The summed E-state index contributed by atoms with van der Waals surface area (Å²) in [5, 5.41) is 3.43. The van der Waals surface area contributed by atoms with Crippen molar-refractivity contribution in [2.75, 3.05) is 29.9 Å². The van der Waals surface area contributed by atoms with Crippen molar-refractivity contribution in [3.05, 3.63) is 30.6 Å². The van der Waals surface area contributed by atoms with Gasteiger partial charge in [0, 0.05) is 44.0 Å². The van der Waals surface area contributed by atoms with Gasteiger partial charge < -0.3 is 15.2 Å². The van der Waals surface area contributed by atoms with Crippen LogP contribution in [0.1, 0.15) is 37.4 Å². The first-order valence-electron chi connectivity index (χ1n) is 8.18. The molecule has 0 amide bonds. The van der Waals surface area contributed by atoms with Crippen LogP contribution in [0.5, 0.6) is 0 Å². The normalized spacial score (nSPS) is 21.8. The van der Waals surface area contributed by atoms with E-state index in [1.165, 1.54) is 25.7 Å². The highest BCUT2D eigenvalue weighted by molar-refractivity contribution is 5.49. The van der Waals surface area contributed by atoms with Crippen molar-refractivity contribution in [2.24, 2.45) is 5.92 Å². The molecule has 2 aromatic heterocycles. The fourth-order valence-corrected chi connectivity index (χ4v) is 3.10. The lowest BCUT2D eigenvalue weighted by atomic mass is 9.97. The summed E-state index contributed by atoms with van der Waals surface area (Å²) in [6.45, 7) is 3.05. The molecule has 0 bridgehead atoms. The molecule has 2 fully saturated rings. The molecule has 2 aromatic rings. The first kappa shape index (κ1) is 13.5. The Balaban J connectivity index is 1.44. The number of aromatic amines is 1. The molecule has 3 heterocycles. The number of nitrogens with zero attached hydrogens (tertiary/aromatic N) is 4. The Morgan fingerprint density at radius 3 is 3.00 bits per heavy atom. The van der Waals surface area contributed by atoms with Crippen LogP contribution < -0.4 is 10.2 Å². The second kappa shape index (κ2) is 5.94. The van der Waals surface area contributed by atoms with Gasteiger partial charge in [0.15, 0.2) is 0 Å². The van der Waals surface area contributed by atoms with Crippen molar-refractivity contribution in [2.45, 2.75) is 31.6 Å². The predicted molar refractivity (Wildman–Crippen MR) is 86.0 cm³/mol. The number of hydrogen-bond donors (Lipinski definition) is 2. The molecule has 4 rings (SSSR count). The summed E-state index contributed by atoms with van der Waals surface area (Å²) < 4.78 is 0. The number of aromatic nitrogens is 4. The lowest BCUT2D eigenvalue weighted by molar-refractivity contribution is 0.491. The first-order valence-corrected chi connectivity index (χ1v) is 8.18. The van der Waals surface area contributed by atoms with Gasteiger partial charge in [-0.25, -0.2) is 15.0 Å². The van der Waals surface area contributed by atoms with E-state index in [1.807, 2.05) is 12.4 Å². The third kappa shape index (κ3) is 3.05. The predicted octanol–water partition coefficient (Wildman–Crippen LogP) is 2.41. The van der Waals surface area contributed by atoms with Gasteiger partial charge in [0.25, 0.3) is 0 Å². The summed E-state index contributed by atoms with van der Waals surface area (Å²) >= 11 is 0. The van der Waals surface area contributed by atoms with Gasteiger partial charge in [0.1, 0.15) is 23.8 Å². The molecule has 2 aliphatic rings. The quantitative estimate of drug-likeness (QED) is 0.887. The number of anilines is 2. The molecule has 1 atom stereocenters. The summed E-state index contributed by atoms with van der Waals surface area (Å²) in [5.74, 6) is 4.35. The Bertz CT molecular complexity index is 607. The van der Waals surface area contributed by atoms with Crippen LogP contribution in [0.4, 0.5) is 11.6 Å². The zero-order valence-corrected chi connectivity index (χ0v) is 12.7. The highest BCUT2D eigenvalue weighted by Crippen LogP contribution is 2.30. The number of rotatable bonds is 5. The van der Waals surface area contributed by atoms with E-state index in [-0.39, 0.29) is 0 Å². The van der Waals surface area contributed by atoms with Crippen molar-refractivity contribution in [3.8, 4) is 0 Å². The Hall–Kier alpha value is -2.11. The number of H-pyrrole nitrogens is 1. The number of hydrogen-bond acceptors (Lipinski definition) is 5. The SMILES string of the molecule is c1nc(NCC2CC2)cc(N2CCC[C@@H](c3ncc[nH]3)C2)n1. The van der Waals surface area contributed by atoms with Gasteiger partial charge in [-0.3, -0.25) is 0 Å². The third-order valence-corrected chi connectivity index (χ3v) is 4.57. The van der Waals surface area contributed by atoms with E-state index in [2.05, 4.69) is 36.2 Å². The number of imidazole rings is 1. The molecular weight excluding hydrogens is 276 g/mol. The summed E-state index contributed by atoms with van der Waals surface area (Å²) in [7, 11) is 0. The summed E-state index contributed by atoms with van der Waals surface area (Å²) in [6.07, 6.45) is 10.4. The molecule has 6 nitrogen and oxygen atoms in total. The van der Waals surface area contributed by atoms with E-state index < -0.39 is 0 Å². The molecule has 1 saturated carbocycles. The van der Waals surface area contributed by atoms with E-state index in [0.717, 1.165) is 43.0 Å². The molecule has 22 heavy (non-hydrogen) atoms. The number of nitrogens with one attached hydrogen (secondary N) is 2. The minimum atomic E-state index is 0.460. The average Bonchev–Trinajstić information content (AvgIpc) is 3.24. The van der Waals surface area contributed by atoms with Gasteiger partial charge in [-0.2, -0.15) is 0 Å². The van der Waals surface area contributed by atoms with Crippen LogP contribution in [0.15, 0.2) is 24.8 Å². The van der Waals surface area contributed by atoms with Crippen LogP contribution in [0.3, 0.4) is 0 Å². The fourth-order valence-electron chi connectivity index (χ4n) is 3.10. The fraction of sp³-hybridized carbons (Fsp3) is 0.562. The van der Waals surface area contributed by atoms with E-state index in [9.17, 15) is 0 Å². The Morgan fingerprint density at radius 1 is 1.23 bits per heavy atom. The molecule has 116 valence electrons. The van der Waals surface area contributed by atoms with Crippen molar-refractivity contribution < 1.29 is 0 Å². The monoisotopic (exact) mass is 298 g/mol. The van der Waals surface area contributed by atoms with Crippen LogP contribution in [0.25, 0.3) is 0 Å². The van der Waals surface area contributed by atoms with Crippen molar-refractivity contribution in [3.63, 3.8) is 0 Å². The zero-order valence-electron chi connectivity index (χ0n) is 12.7. The van der Waals surface area contributed by atoms with Crippen molar-refractivity contribution in [1.29, 1.82) is 0 Å². The maximum absolute atomic E-state index is 4.47. The number of piperidine rings is 1. The second-order valence-electron chi connectivity index (χ2n) is 6.35. The van der Waals surface area contributed by atoms with E-state index in [4.69, 9.17) is 0 Å². The molecule has 6 heteroatoms. The van der Waals surface area contributed by atoms with Gasteiger partial charge in [0.05, 0.1) is 0 Å². The molecule has 2 N–H and O–H groups in total. The first-order chi connectivity index (χ1) is 10.9. The van der Waals surface area contributed by atoms with Gasteiger partial charge in [-0.05, 0) is 31.6 Å². The second-order valence-corrected chi connectivity index (χ2v) is 6.35. The summed E-state index contributed by atoms with van der Waals surface area (Å²) in [6, 6.07) is 2.08. The summed E-state index contributed by atoms with van der Waals surface area (Å²) in [4.78, 5) is 18.8. The lowest BCUT2D eigenvalue weighted by Crippen LogP contribution is -2.35. The van der Waals surface area contributed by atoms with Crippen LogP contribution in [-0.4, -0.2) is 39.6 Å². The van der Waals surface area contributed by atoms with Crippen LogP contribution in [-0.2, 0) is 0 Å². The largest absolute Gasteiger partial charge is 0.370 e. The Labute approximate surface area is 130 Å². The van der Waals surface area contributed by atoms with E-state index in [1.54, 1.807) is 6.33 Å². The van der Waals surface area contributed by atoms with Gasteiger partial charge in [0.2, 0.25) is 0 Å². The highest BCUT2D eigenvalue weighted by atomic mass is 15.2. The molecule has 0 radical (unpaired) electrons. The average molecular weight is 298 g/mol. The zero-order chi connectivity index (χ0) is 14.8. The van der Waals surface area contributed by atoms with Crippen LogP contribution in [0, 0.1) is 5.92 Å². The highest BCUT2D eigenvalue weighted by Gasteiger charge is 2.24. The minimum absolute atomic E-state index is 0.460. The van der Waals surface area contributed by atoms with Crippen LogP contribution in [0.2, 0.25) is 0 Å². The van der Waals surface area contributed by atoms with Crippen LogP contribution >= 0.6 is 0 Å². The van der Waals surface area contributed by atoms with Gasteiger partial charge in [-0.15, -0.1) is 0 Å². The van der Waals surface area contributed by atoms with Crippen molar-refractivity contribution in [1.82, 2.24) is 19.9 Å². The molecule has 1 aliphatic carbocycles. The lowest BCUT2D eigenvalue weighted by Gasteiger charge is -2.32. The third-order valence-electron chi connectivity index (χ3n) is 4.57. The summed E-state index contributed by atoms with van der Waals surface area (Å²) in [5.41, 5.74) is 0. The van der Waals surface area contributed by atoms with Gasteiger partial charge >= 0.3 is 0 Å². The maximum Gasteiger partial charge on any atom is 0.134 e. The topological polar surface area (TPSA) is 69.7 Å². The molecular formula is C16H22N6. The maximum atomic E-state index is 4.47. The molecule has 0 spiro atoms. The minimum Gasteiger partial charge on any atom is -0.370 e. The molecule has 0 unspecified atom stereocenters. The van der Waals surface area contributed by atoms with Crippen molar-refractivity contribution >= 4 is 11.6 Å². The Morgan fingerprint density at radius 2 is 2.18 bits per heavy atom. The van der Waals surface area contributed by atoms with E-state index in [0.29, 0.717) is 5.92 Å².